The van der Waals surface area contributed by atoms with Crippen molar-refractivity contribution < 1.29 is 0 Å². The molecule has 0 radical (unpaired) electrons. The van der Waals surface area contributed by atoms with E-state index >= 15 is 0 Å². The summed E-state index contributed by atoms with van der Waals surface area (Å²) in [6.45, 7) is 5.23. The Hall–Kier alpha value is -1.78. The number of aryl methyl sites for hydroxylation is 2. The monoisotopic (exact) mass is 247 g/mol. The summed E-state index contributed by atoms with van der Waals surface area (Å²) >= 11 is 0. The lowest BCUT2D eigenvalue weighted by Gasteiger charge is -2.07. The SMILES string of the molecule is CCCc1nc(-c2cncn2C)c(N)n1CCC. The smallest absolute Gasteiger partial charge is 0.133 e. The molecule has 5 heteroatoms. The van der Waals surface area contributed by atoms with Crippen LogP contribution in [0.1, 0.15) is 32.5 Å². The quantitative estimate of drug-likeness (QED) is 0.881. The second kappa shape index (κ2) is 5.25. The van der Waals surface area contributed by atoms with E-state index in [-0.39, 0.29) is 0 Å². The van der Waals surface area contributed by atoms with E-state index < -0.39 is 0 Å². The van der Waals surface area contributed by atoms with Crippen LogP contribution in [0.15, 0.2) is 12.5 Å². The molecule has 2 N–H and O–H groups in total. The molecule has 0 fully saturated rings. The molecule has 2 aromatic heterocycles. The topological polar surface area (TPSA) is 61.7 Å². The third-order valence-corrected chi connectivity index (χ3v) is 3.07. The summed E-state index contributed by atoms with van der Waals surface area (Å²) in [6.07, 6.45) is 6.67. The average molecular weight is 247 g/mol. The normalized spacial score (nSPS) is 11.1. The Kier molecular flexibility index (Phi) is 3.69. The number of imidazole rings is 2. The Morgan fingerprint density at radius 2 is 2.06 bits per heavy atom. The summed E-state index contributed by atoms with van der Waals surface area (Å²) in [5.74, 6) is 1.83. The Morgan fingerprint density at radius 1 is 1.28 bits per heavy atom. The molecule has 0 unspecified atom stereocenters. The van der Waals surface area contributed by atoms with Crippen molar-refractivity contribution >= 4 is 5.82 Å². The van der Waals surface area contributed by atoms with Crippen molar-refractivity contribution in [3.8, 4) is 11.4 Å². The predicted molar refractivity (Wildman–Crippen MR) is 73.1 cm³/mol. The molecular weight excluding hydrogens is 226 g/mol. The summed E-state index contributed by atoms with van der Waals surface area (Å²) in [5.41, 5.74) is 8.07. The summed E-state index contributed by atoms with van der Waals surface area (Å²) in [5, 5.41) is 0. The van der Waals surface area contributed by atoms with Gasteiger partial charge in [-0.05, 0) is 12.8 Å². The molecule has 0 atom stereocenters. The first-order valence-corrected chi connectivity index (χ1v) is 6.50. The van der Waals surface area contributed by atoms with E-state index in [2.05, 4.69) is 23.4 Å². The van der Waals surface area contributed by atoms with Crippen LogP contribution in [0.2, 0.25) is 0 Å². The molecule has 18 heavy (non-hydrogen) atoms. The van der Waals surface area contributed by atoms with Crippen molar-refractivity contribution in [3.63, 3.8) is 0 Å². The number of rotatable bonds is 5. The van der Waals surface area contributed by atoms with E-state index in [1.54, 1.807) is 6.33 Å². The van der Waals surface area contributed by atoms with Gasteiger partial charge in [-0.2, -0.15) is 0 Å². The van der Waals surface area contributed by atoms with Crippen LogP contribution in [0.25, 0.3) is 11.4 Å². The Balaban J connectivity index is 2.49. The second-order valence-electron chi connectivity index (χ2n) is 4.55. The zero-order valence-electron chi connectivity index (χ0n) is 11.3. The Labute approximate surface area is 108 Å². The molecule has 0 spiro atoms. The van der Waals surface area contributed by atoms with Crippen LogP contribution in [0.5, 0.6) is 0 Å². The van der Waals surface area contributed by atoms with Crippen molar-refractivity contribution in [2.24, 2.45) is 7.05 Å². The van der Waals surface area contributed by atoms with Crippen molar-refractivity contribution in [3.05, 3.63) is 18.3 Å². The molecule has 0 aliphatic carbocycles. The van der Waals surface area contributed by atoms with Gasteiger partial charge >= 0.3 is 0 Å². The van der Waals surface area contributed by atoms with Crippen molar-refractivity contribution in [2.45, 2.75) is 39.7 Å². The Bertz CT molecular complexity index is 523. The molecule has 0 aromatic carbocycles. The van der Waals surface area contributed by atoms with Crippen LogP contribution < -0.4 is 5.73 Å². The first kappa shape index (κ1) is 12.7. The first-order valence-electron chi connectivity index (χ1n) is 6.50. The third-order valence-electron chi connectivity index (χ3n) is 3.07. The summed E-state index contributed by atoms with van der Waals surface area (Å²) in [4.78, 5) is 8.83. The van der Waals surface area contributed by atoms with Gasteiger partial charge in [0.15, 0.2) is 0 Å². The van der Waals surface area contributed by atoms with Crippen molar-refractivity contribution in [1.29, 1.82) is 0 Å². The molecule has 98 valence electrons. The maximum atomic E-state index is 6.24. The number of nitrogens with zero attached hydrogens (tertiary/aromatic N) is 4. The number of hydrogen-bond donors (Lipinski definition) is 1. The highest BCUT2D eigenvalue weighted by Gasteiger charge is 2.17. The molecule has 2 heterocycles. The lowest BCUT2D eigenvalue weighted by Crippen LogP contribution is -2.07. The number of hydrogen-bond acceptors (Lipinski definition) is 3. The lowest BCUT2D eigenvalue weighted by molar-refractivity contribution is 0.637. The highest BCUT2D eigenvalue weighted by atomic mass is 15.2. The van der Waals surface area contributed by atoms with Crippen LogP contribution >= 0.6 is 0 Å². The molecule has 2 aromatic rings. The number of anilines is 1. The van der Waals surface area contributed by atoms with Gasteiger partial charge in [0.1, 0.15) is 17.3 Å². The maximum absolute atomic E-state index is 6.24. The van der Waals surface area contributed by atoms with E-state index in [0.717, 1.165) is 48.8 Å². The van der Waals surface area contributed by atoms with Crippen LogP contribution in [-0.4, -0.2) is 19.1 Å². The molecule has 0 amide bonds. The van der Waals surface area contributed by atoms with Gasteiger partial charge in [0, 0.05) is 20.0 Å². The summed E-state index contributed by atoms with van der Waals surface area (Å²) in [6, 6.07) is 0. The van der Waals surface area contributed by atoms with E-state index in [4.69, 9.17) is 10.7 Å². The second-order valence-corrected chi connectivity index (χ2v) is 4.55. The highest BCUT2D eigenvalue weighted by Crippen LogP contribution is 2.26. The lowest BCUT2D eigenvalue weighted by atomic mass is 10.3. The molecule has 0 aliphatic heterocycles. The van der Waals surface area contributed by atoms with Gasteiger partial charge < -0.3 is 14.9 Å². The molecule has 0 saturated heterocycles. The van der Waals surface area contributed by atoms with Gasteiger partial charge in [-0.25, -0.2) is 9.97 Å². The molecule has 2 rings (SSSR count). The predicted octanol–water partition coefficient (Wildman–Crippen LogP) is 2.23. The minimum atomic E-state index is 0.754. The fourth-order valence-electron chi connectivity index (χ4n) is 2.18. The molecule has 0 bridgehead atoms. The van der Waals surface area contributed by atoms with Crippen molar-refractivity contribution in [1.82, 2.24) is 19.1 Å². The summed E-state index contributed by atoms with van der Waals surface area (Å²) in [7, 11) is 1.96. The van der Waals surface area contributed by atoms with Crippen molar-refractivity contribution in [2.75, 3.05) is 5.73 Å². The number of nitrogen functional groups attached to an aromatic ring is 1. The van der Waals surface area contributed by atoms with Gasteiger partial charge in [-0.15, -0.1) is 0 Å². The van der Waals surface area contributed by atoms with Gasteiger partial charge in [0.2, 0.25) is 0 Å². The van der Waals surface area contributed by atoms with E-state index in [1.807, 2.05) is 17.8 Å². The average Bonchev–Trinajstić information content (AvgIpc) is 2.88. The molecule has 0 saturated carbocycles. The zero-order chi connectivity index (χ0) is 13.1. The molecule has 0 aliphatic rings. The summed E-state index contributed by atoms with van der Waals surface area (Å²) < 4.78 is 4.08. The van der Waals surface area contributed by atoms with E-state index in [1.165, 1.54) is 0 Å². The van der Waals surface area contributed by atoms with Crippen LogP contribution in [0.4, 0.5) is 5.82 Å². The fourth-order valence-corrected chi connectivity index (χ4v) is 2.18. The van der Waals surface area contributed by atoms with Gasteiger partial charge in [0.25, 0.3) is 0 Å². The minimum Gasteiger partial charge on any atom is -0.383 e. The van der Waals surface area contributed by atoms with Gasteiger partial charge in [-0.1, -0.05) is 13.8 Å². The Morgan fingerprint density at radius 3 is 2.61 bits per heavy atom. The van der Waals surface area contributed by atoms with Gasteiger partial charge in [0.05, 0.1) is 18.2 Å². The van der Waals surface area contributed by atoms with Crippen LogP contribution in [0, 0.1) is 0 Å². The standard InChI is InChI=1S/C13H21N5/c1-4-6-11-16-12(10-8-15-9-17(10)3)13(14)18(11)7-5-2/h8-9H,4-7,14H2,1-3H3. The molecular formula is C13H21N5. The van der Waals surface area contributed by atoms with E-state index in [0.29, 0.717) is 0 Å². The number of nitrogens with two attached hydrogens (primary N) is 1. The van der Waals surface area contributed by atoms with Gasteiger partial charge in [-0.3, -0.25) is 0 Å². The van der Waals surface area contributed by atoms with Crippen LogP contribution in [0.3, 0.4) is 0 Å². The first-order chi connectivity index (χ1) is 8.69. The highest BCUT2D eigenvalue weighted by molar-refractivity contribution is 5.67. The van der Waals surface area contributed by atoms with E-state index in [9.17, 15) is 0 Å². The third kappa shape index (κ3) is 2.12. The zero-order valence-corrected chi connectivity index (χ0v) is 11.3. The van der Waals surface area contributed by atoms with Crippen LogP contribution in [-0.2, 0) is 20.0 Å². The largest absolute Gasteiger partial charge is 0.383 e. The number of aromatic nitrogens is 4. The molecule has 5 nitrogen and oxygen atoms in total. The minimum absolute atomic E-state index is 0.754. The maximum Gasteiger partial charge on any atom is 0.133 e. The fraction of sp³-hybridized carbons (Fsp3) is 0.538.